The number of halogens is 2. The Balaban J connectivity index is 2.03. The number of hydrogen-bond acceptors (Lipinski definition) is 4. The lowest BCUT2D eigenvalue weighted by Gasteiger charge is -2.18. The Labute approximate surface area is 99.1 Å². The van der Waals surface area contributed by atoms with Crippen LogP contribution >= 0.6 is 0 Å². The van der Waals surface area contributed by atoms with Gasteiger partial charge in [0.15, 0.2) is 0 Å². The Hall–Kier alpha value is -1.08. The Morgan fingerprint density at radius 1 is 1.35 bits per heavy atom. The maximum atomic E-state index is 13.4. The van der Waals surface area contributed by atoms with E-state index in [2.05, 4.69) is 11.0 Å². The van der Waals surface area contributed by atoms with E-state index in [0.717, 1.165) is 0 Å². The van der Waals surface area contributed by atoms with Crippen molar-refractivity contribution in [1.82, 2.24) is 20.9 Å². The van der Waals surface area contributed by atoms with Crippen LogP contribution in [-0.4, -0.2) is 36.7 Å². The van der Waals surface area contributed by atoms with Gasteiger partial charge in [-0.15, -0.1) is 0 Å². The summed E-state index contributed by atoms with van der Waals surface area (Å²) in [4.78, 5) is 1.99. The summed E-state index contributed by atoms with van der Waals surface area (Å²) >= 11 is 0. The summed E-state index contributed by atoms with van der Waals surface area (Å²) in [5.74, 6) is -1.03. The van der Waals surface area contributed by atoms with Crippen LogP contribution in [-0.2, 0) is 6.54 Å². The van der Waals surface area contributed by atoms with Crippen LogP contribution in [0, 0.1) is 11.6 Å². The summed E-state index contributed by atoms with van der Waals surface area (Å²) in [6, 6.07) is 3.91. The first-order valence-electron chi connectivity index (χ1n) is 5.43. The molecule has 2 rings (SSSR count). The van der Waals surface area contributed by atoms with Crippen LogP contribution in [0.5, 0.6) is 0 Å². The number of rotatable bonds is 3. The van der Waals surface area contributed by atoms with Gasteiger partial charge in [-0.1, -0.05) is 6.07 Å². The van der Waals surface area contributed by atoms with Gasteiger partial charge in [0, 0.05) is 18.7 Å². The predicted molar refractivity (Wildman–Crippen MR) is 60.5 cm³/mol. The number of nitrogens with one attached hydrogen (secondary N) is 2. The molecule has 0 saturated carbocycles. The first kappa shape index (κ1) is 12.4. The Bertz CT molecular complexity index is 377. The molecule has 0 aliphatic carbocycles. The summed E-state index contributed by atoms with van der Waals surface area (Å²) < 4.78 is 26.9. The van der Waals surface area contributed by atoms with Crippen LogP contribution in [0.3, 0.4) is 0 Å². The highest BCUT2D eigenvalue weighted by Gasteiger charge is 2.24. The van der Waals surface area contributed by atoms with Crippen molar-refractivity contribution in [3.63, 3.8) is 0 Å². The van der Waals surface area contributed by atoms with E-state index >= 15 is 0 Å². The van der Waals surface area contributed by atoms with E-state index in [1.807, 2.05) is 19.0 Å². The molecule has 2 N–H and O–H groups in total. The van der Waals surface area contributed by atoms with Gasteiger partial charge in [0.25, 0.3) is 0 Å². The molecule has 0 bridgehead atoms. The van der Waals surface area contributed by atoms with Gasteiger partial charge in [-0.2, -0.15) is 5.53 Å². The van der Waals surface area contributed by atoms with Gasteiger partial charge in [0.2, 0.25) is 0 Å². The van der Waals surface area contributed by atoms with Gasteiger partial charge >= 0.3 is 0 Å². The van der Waals surface area contributed by atoms with Crippen molar-refractivity contribution in [3.8, 4) is 0 Å². The van der Waals surface area contributed by atoms with Gasteiger partial charge in [-0.05, 0) is 26.2 Å². The maximum Gasteiger partial charge on any atom is 0.130 e. The molecule has 0 spiro atoms. The van der Waals surface area contributed by atoms with Crippen molar-refractivity contribution in [3.05, 3.63) is 35.4 Å². The molecule has 17 heavy (non-hydrogen) atoms. The monoisotopic (exact) mass is 242 g/mol. The molecule has 0 amide bonds. The van der Waals surface area contributed by atoms with Crippen LogP contribution < -0.4 is 11.0 Å². The molecular weight excluding hydrogens is 226 g/mol. The summed E-state index contributed by atoms with van der Waals surface area (Å²) in [5, 5.41) is 1.74. The number of nitrogens with zero attached hydrogens (tertiary/aromatic N) is 2. The van der Waals surface area contributed by atoms with E-state index in [9.17, 15) is 8.78 Å². The lowest BCUT2D eigenvalue weighted by molar-refractivity contribution is 0.215. The smallest absolute Gasteiger partial charge is 0.130 e. The topological polar surface area (TPSA) is 30.5 Å². The van der Waals surface area contributed by atoms with Crippen LogP contribution in [0.2, 0.25) is 0 Å². The Kier molecular flexibility index (Phi) is 3.68. The fraction of sp³-hybridized carbons (Fsp3) is 0.455. The zero-order valence-corrected chi connectivity index (χ0v) is 9.87. The number of hydrogen-bond donors (Lipinski definition) is 2. The highest BCUT2D eigenvalue weighted by atomic mass is 19.1. The van der Waals surface area contributed by atoms with E-state index in [-0.39, 0.29) is 18.3 Å². The first-order valence-corrected chi connectivity index (χ1v) is 5.43. The van der Waals surface area contributed by atoms with Crippen molar-refractivity contribution >= 4 is 0 Å². The molecule has 1 saturated heterocycles. The normalized spacial score (nSPS) is 21.4. The lowest BCUT2D eigenvalue weighted by atomic mass is 10.2. The second-order valence-electron chi connectivity index (χ2n) is 4.32. The molecule has 1 aliphatic heterocycles. The third-order valence-corrected chi connectivity index (χ3v) is 2.82. The quantitative estimate of drug-likeness (QED) is 0.816. The van der Waals surface area contributed by atoms with E-state index in [4.69, 9.17) is 0 Å². The van der Waals surface area contributed by atoms with Gasteiger partial charge in [-0.3, -0.25) is 4.90 Å². The summed E-state index contributed by atoms with van der Waals surface area (Å²) in [7, 11) is 3.87. The molecule has 4 nitrogen and oxygen atoms in total. The highest BCUT2D eigenvalue weighted by Crippen LogP contribution is 2.15. The molecule has 1 aromatic rings. The van der Waals surface area contributed by atoms with Gasteiger partial charge in [0.1, 0.15) is 11.6 Å². The molecular formula is C11H16F2N4. The summed E-state index contributed by atoms with van der Waals surface area (Å²) in [6.07, 6.45) is 0.129. The average Bonchev–Trinajstić information content (AvgIpc) is 2.72. The third-order valence-electron chi connectivity index (χ3n) is 2.82. The zero-order valence-electron chi connectivity index (χ0n) is 9.87. The first-order chi connectivity index (χ1) is 8.08. The Morgan fingerprint density at radius 3 is 2.53 bits per heavy atom. The fourth-order valence-electron chi connectivity index (χ4n) is 1.74. The van der Waals surface area contributed by atoms with Crippen LogP contribution in [0.4, 0.5) is 8.78 Å². The number of benzene rings is 1. The molecule has 0 aromatic heterocycles. The third kappa shape index (κ3) is 2.78. The van der Waals surface area contributed by atoms with Crippen LogP contribution in [0.25, 0.3) is 0 Å². The summed E-state index contributed by atoms with van der Waals surface area (Å²) in [5.41, 5.74) is 6.01. The van der Waals surface area contributed by atoms with E-state index in [1.165, 1.54) is 18.2 Å². The molecule has 1 atom stereocenters. The van der Waals surface area contributed by atoms with E-state index < -0.39 is 11.6 Å². The molecule has 1 unspecified atom stereocenters. The van der Waals surface area contributed by atoms with Gasteiger partial charge < -0.3 is 0 Å². The van der Waals surface area contributed by atoms with Crippen LogP contribution in [0.15, 0.2) is 18.2 Å². The van der Waals surface area contributed by atoms with E-state index in [0.29, 0.717) is 6.54 Å². The van der Waals surface area contributed by atoms with Crippen molar-refractivity contribution in [2.24, 2.45) is 0 Å². The molecule has 94 valence electrons. The molecule has 0 radical (unpaired) electrons. The highest BCUT2D eigenvalue weighted by molar-refractivity contribution is 5.19. The minimum atomic E-state index is -0.514. The Morgan fingerprint density at radius 2 is 2.00 bits per heavy atom. The zero-order chi connectivity index (χ0) is 12.4. The second-order valence-corrected chi connectivity index (χ2v) is 4.32. The molecule has 1 aliphatic rings. The lowest BCUT2D eigenvalue weighted by Crippen LogP contribution is -2.41. The van der Waals surface area contributed by atoms with Gasteiger partial charge in [-0.25, -0.2) is 19.2 Å². The second kappa shape index (κ2) is 5.05. The maximum absolute atomic E-state index is 13.4. The van der Waals surface area contributed by atoms with Crippen molar-refractivity contribution < 1.29 is 8.78 Å². The molecule has 6 heteroatoms. The van der Waals surface area contributed by atoms with Crippen molar-refractivity contribution in [2.75, 3.05) is 20.6 Å². The molecule has 1 fully saturated rings. The summed E-state index contributed by atoms with van der Waals surface area (Å²) in [6.45, 7) is 0.844. The van der Waals surface area contributed by atoms with E-state index in [1.54, 1.807) is 5.01 Å². The van der Waals surface area contributed by atoms with Crippen molar-refractivity contribution in [1.29, 1.82) is 0 Å². The standard InChI is InChI=1S/C11H16F2N4/c1-16(2)11-7-17(15-14-11)6-8-9(12)4-3-5-10(8)13/h3-5,11,14-15H,6-7H2,1-2H3. The van der Waals surface area contributed by atoms with Crippen LogP contribution in [0.1, 0.15) is 5.56 Å². The SMILES string of the molecule is CN(C)C1CN(Cc2c(F)cccc2F)NN1. The minimum Gasteiger partial charge on any atom is -0.292 e. The molecule has 1 aromatic carbocycles. The molecule has 1 heterocycles. The van der Waals surface area contributed by atoms with Crippen molar-refractivity contribution in [2.45, 2.75) is 12.7 Å². The largest absolute Gasteiger partial charge is 0.292 e. The number of likely N-dealkylation sites (N-methyl/N-ethyl adjacent to an activating group) is 1. The minimum absolute atomic E-state index is 0.0845. The fourth-order valence-corrected chi connectivity index (χ4v) is 1.74. The number of hydrazine groups is 2. The average molecular weight is 242 g/mol. The van der Waals surface area contributed by atoms with Gasteiger partial charge in [0.05, 0.1) is 6.17 Å². The predicted octanol–water partition coefficient (Wildman–Crippen LogP) is 0.677.